The van der Waals surface area contributed by atoms with E-state index in [1.54, 1.807) is 0 Å². The van der Waals surface area contributed by atoms with Gasteiger partial charge >= 0.3 is 0 Å². The number of hydrogen-bond acceptors (Lipinski definition) is 3. The third-order valence-corrected chi connectivity index (χ3v) is 3.49. The predicted molar refractivity (Wildman–Crippen MR) is 78.7 cm³/mol. The Morgan fingerprint density at radius 1 is 1.43 bits per heavy atom. The molecule has 116 valence electrons. The summed E-state index contributed by atoms with van der Waals surface area (Å²) in [6.45, 7) is 4.58. The number of benzene rings is 1. The van der Waals surface area contributed by atoms with Gasteiger partial charge in [0, 0.05) is 12.6 Å². The van der Waals surface area contributed by atoms with E-state index in [9.17, 15) is 19.3 Å². The Bertz CT molecular complexity index is 506. The SMILES string of the molecule is CCCCC(CC)CNC(=O)c1cc(F)ccc1[N+](=O)[O-]. The van der Waals surface area contributed by atoms with Crippen LogP contribution in [-0.4, -0.2) is 17.4 Å². The molecule has 0 aliphatic carbocycles. The number of unbranched alkanes of at least 4 members (excludes halogenated alkanes) is 1. The van der Waals surface area contributed by atoms with Gasteiger partial charge in [-0.05, 0) is 24.5 Å². The molecule has 0 bridgehead atoms. The molecule has 0 saturated carbocycles. The second-order valence-corrected chi connectivity index (χ2v) is 5.05. The molecule has 0 saturated heterocycles. The lowest BCUT2D eigenvalue weighted by atomic mass is 9.99. The maximum Gasteiger partial charge on any atom is 0.282 e. The van der Waals surface area contributed by atoms with Crippen molar-refractivity contribution in [3.8, 4) is 0 Å². The second kappa shape index (κ2) is 8.34. The third-order valence-electron chi connectivity index (χ3n) is 3.49. The molecule has 1 atom stereocenters. The molecular weight excluding hydrogens is 275 g/mol. The van der Waals surface area contributed by atoms with Gasteiger partial charge in [0.25, 0.3) is 11.6 Å². The first-order valence-electron chi connectivity index (χ1n) is 7.21. The van der Waals surface area contributed by atoms with Crippen LogP contribution >= 0.6 is 0 Å². The number of nitrogens with zero attached hydrogens (tertiary/aromatic N) is 1. The maximum atomic E-state index is 13.2. The molecule has 5 nitrogen and oxygen atoms in total. The normalized spacial score (nSPS) is 12.0. The van der Waals surface area contributed by atoms with Gasteiger partial charge in [-0.15, -0.1) is 0 Å². The topological polar surface area (TPSA) is 72.2 Å². The minimum atomic E-state index is -0.678. The Morgan fingerprint density at radius 2 is 2.14 bits per heavy atom. The zero-order chi connectivity index (χ0) is 15.8. The molecule has 1 amide bonds. The van der Waals surface area contributed by atoms with Crippen molar-refractivity contribution in [2.24, 2.45) is 5.92 Å². The smallest absolute Gasteiger partial charge is 0.282 e. The highest BCUT2D eigenvalue weighted by atomic mass is 19.1. The summed E-state index contributed by atoms with van der Waals surface area (Å²) in [6, 6.07) is 2.89. The van der Waals surface area contributed by atoms with Crippen LogP contribution in [0.15, 0.2) is 18.2 Å². The molecule has 6 heteroatoms. The summed E-state index contributed by atoms with van der Waals surface area (Å²) in [7, 11) is 0. The highest BCUT2D eigenvalue weighted by molar-refractivity contribution is 5.98. The fraction of sp³-hybridized carbons (Fsp3) is 0.533. The van der Waals surface area contributed by atoms with E-state index in [1.165, 1.54) is 0 Å². The van der Waals surface area contributed by atoms with Crippen LogP contribution in [-0.2, 0) is 0 Å². The molecule has 1 unspecified atom stereocenters. The minimum absolute atomic E-state index is 0.231. The second-order valence-electron chi connectivity index (χ2n) is 5.05. The van der Waals surface area contributed by atoms with Crippen LogP contribution in [0.5, 0.6) is 0 Å². The van der Waals surface area contributed by atoms with Crippen molar-refractivity contribution in [3.63, 3.8) is 0 Å². The molecule has 0 heterocycles. The van der Waals surface area contributed by atoms with Gasteiger partial charge in [-0.25, -0.2) is 4.39 Å². The molecule has 0 aliphatic heterocycles. The average molecular weight is 296 g/mol. The Hall–Kier alpha value is -1.98. The van der Waals surface area contributed by atoms with Crippen LogP contribution in [0.3, 0.4) is 0 Å². The van der Waals surface area contributed by atoms with Crippen LogP contribution in [0, 0.1) is 21.8 Å². The Kier molecular flexibility index (Phi) is 6.78. The summed E-state index contributed by atoms with van der Waals surface area (Å²) in [4.78, 5) is 22.2. The van der Waals surface area contributed by atoms with E-state index >= 15 is 0 Å². The monoisotopic (exact) mass is 296 g/mol. The van der Waals surface area contributed by atoms with Gasteiger partial charge in [-0.1, -0.05) is 33.1 Å². The number of nitro groups is 1. The number of nitro benzene ring substituents is 1. The zero-order valence-corrected chi connectivity index (χ0v) is 12.4. The number of halogens is 1. The lowest BCUT2D eigenvalue weighted by molar-refractivity contribution is -0.385. The first kappa shape index (κ1) is 17.1. The fourth-order valence-corrected chi connectivity index (χ4v) is 2.12. The number of amides is 1. The van der Waals surface area contributed by atoms with Crippen LogP contribution < -0.4 is 5.32 Å². The number of carbonyl (C=O) groups excluding carboxylic acids is 1. The van der Waals surface area contributed by atoms with Gasteiger partial charge in [0.05, 0.1) is 4.92 Å². The summed E-state index contributed by atoms with van der Waals surface area (Å²) in [5.74, 6) is -0.929. The molecule has 1 N–H and O–H groups in total. The van der Waals surface area contributed by atoms with Gasteiger partial charge in [0.15, 0.2) is 0 Å². The van der Waals surface area contributed by atoms with E-state index in [0.29, 0.717) is 12.5 Å². The van der Waals surface area contributed by atoms with E-state index in [0.717, 1.165) is 43.9 Å². The standard InChI is InChI=1S/C15H21FN2O3/c1-3-5-6-11(4-2)10-17-15(19)13-9-12(16)7-8-14(13)18(20)21/h7-9,11H,3-6,10H2,1-2H3,(H,17,19). The summed E-state index contributed by atoms with van der Waals surface area (Å²) >= 11 is 0. The molecule has 1 rings (SSSR count). The van der Waals surface area contributed by atoms with Crippen molar-refractivity contribution in [3.05, 3.63) is 39.7 Å². The van der Waals surface area contributed by atoms with Gasteiger partial charge in [0.1, 0.15) is 11.4 Å². The summed E-state index contributed by atoms with van der Waals surface area (Å²) in [6.07, 6.45) is 4.08. The van der Waals surface area contributed by atoms with Crippen LogP contribution in [0.1, 0.15) is 49.9 Å². The molecule has 1 aromatic carbocycles. The lowest BCUT2D eigenvalue weighted by Gasteiger charge is -2.15. The number of nitrogens with one attached hydrogen (secondary N) is 1. The van der Waals surface area contributed by atoms with Crippen molar-refractivity contribution in [2.75, 3.05) is 6.54 Å². The molecule has 0 aliphatic rings. The van der Waals surface area contributed by atoms with Crippen LogP contribution in [0.25, 0.3) is 0 Å². The number of carbonyl (C=O) groups is 1. The minimum Gasteiger partial charge on any atom is -0.352 e. The molecule has 1 aromatic rings. The zero-order valence-electron chi connectivity index (χ0n) is 12.4. The van der Waals surface area contributed by atoms with Crippen molar-refractivity contribution in [2.45, 2.75) is 39.5 Å². The summed E-state index contributed by atoms with van der Waals surface area (Å²) < 4.78 is 13.2. The van der Waals surface area contributed by atoms with E-state index in [-0.39, 0.29) is 11.3 Å². The summed E-state index contributed by atoms with van der Waals surface area (Å²) in [5.41, 5.74) is -0.610. The number of rotatable bonds is 8. The average Bonchev–Trinajstić information content (AvgIpc) is 2.46. The Labute approximate surface area is 123 Å². The molecule has 0 fully saturated rings. The highest BCUT2D eigenvalue weighted by Gasteiger charge is 2.21. The quantitative estimate of drug-likeness (QED) is 0.587. The molecule has 21 heavy (non-hydrogen) atoms. The van der Waals surface area contributed by atoms with Crippen molar-refractivity contribution in [1.29, 1.82) is 0 Å². The van der Waals surface area contributed by atoms with Gasteiger partial charge in [-0.2, -0.15) is 0 Å². The van der Waals surface area contributed by atoms with Crippen molar-refractivity contribution in [1.82, 2.24) is 5.32 Å². The highest BCUT2D eigenvalue weighted by Crippen LogP contribution is 2.20. The van der Waals surface area contributed by atoms with Crippen LogP contribution in [0.2, 0.25) is 0 Å². The van der Waals surface area contributed by atoms with Crippen LogP contribution in [0.4, 0.5) is 10.1 Å². The van der Waals surface area contributed by atoms with Gasteiger partial charge < -0.3 is 5.32 Å². The van der Waals surface area contributed by atoms with E-state index < -0.39 is 16.6 Å². The van der Waals surface area contributed by atoms with Gasteiger partial charge in [-0.3, -0.25) is 14.9 Å². The first-order valence-corrected chi connectivity index (χ1v) is 7.21. The van der Waals surface area contributed by atoms with E-state index in [4.69, 9.17) is 0 Å². The molecule has 0 radical (unpaired) electrons. The summed E-state index contributed by atoms with van der Waals surface area (Å²) in [5, 5.41) is 13.5. The van der Waals surface area contributed by atoms with Crippen molar-refractivity contribution < 1.29 is 14.1 Å². The molecule has 0 aromatic heterocycles. The van der Waals surface area contributed by atoms with E-state index in [2.05, 4.69) is 12.2 Å². The maximum absolute atomic E-state index is 13.2. The Balaban J connectivity index is 2.75. The Morgan fingerprint density at radius 3 is 2.71 bits per heavy atom. The molecular formula is C15H21FN2O3. The van der Waals surface area contributed by atoms with Gasteiger partial charge in [0.2, 0.25) is 0 Å². The van der Waals surface area contributed by atoms with E-state index in [1.807, 2.05) is 6.92 Å². The molecule has 0 spiro atoms. The first-order chi connectivity index (χ1) is 9.99. The fourth-order valence-electron chi connectivity index (χ4n) is 2.12. The largest absolute Gasteiger partial charge is 0.352 e. The third kappa shape index (κ3) is 5.13. The van der Waals surface area contributed by atoms with Crippen molar-refractivity contribution >= 4 is 11.6 Å². The lowest BCUT2D eigenvalue weighted by Crippen LogP contribution is -2.29. The number of hydrogen-bond donors (Lipinski definition) is 1. The predicted octanol–water partition coefficient (Wildman–Crippen LogP) is 3.68.